The van der Waals surface area contributed by atoms with Gasteiger partial charge in [0.05, 0.1) is 12.8 Å². The maximum absolute atomic E-state index is 11.9. The molecule has 0 atom stereocenters. The highest BCUT2D eigenvalue weighted by Gasteiger charge is 2.05. The van der Waals surface area contributed by atoms with Crippen LogP contribution in [-0.2, 0) is 0 Å². The number of halogens is 1. The number of anilines is 2. The van der Waals surface area contributed by atoms with Crippen LogP contribution in [0.25, 0.3) is 11.3 Å². The van der Waals surface area contributed by atoms with Gasteiger partial charge in [0.25, 0.3) is 5.56 Å². The highest BCUT2D eigenvalue weighted by Crippen LogP contribution is 2.22. The number of nitrogens with zero attached hydrogens (tertiary/aromatic N) is 1. The normalized spacial score (nSPS) is 10.3. The number of aromatic amines is 1. The second-order valence-corrected chi connectivity index (χ2v) is 5.76. The molecule has 0 aliphatic rings. The molecule has 3 aromatic rings. The van der Waals surface area contributed by atoms with Crippen molar-refractivity contribution in [2.45, 2.75) is 0 Å². The Morgan fingerprint density at radius 3 is 2.61 bits per heavy atom. The van der Waals surface area contributed by atoms with E-state index >= 15 is 0 Å². The summed E-state index contributed by atoms with van der Waals surface area (Å²) < 4.78 is 6.08. The summed E-state index contributed by atoms with van der Waals surface area (Å²) in [6.45, 7) is 0. The molecule has 0 saturated heterocycles. The van der Waals surface area contributed by atoms with Crippen LogP contribution < -0.4 is 15.6 Å². The second-order valence-electron chi connectivity index (χ2n) is 4.84. The number of benzene rings is 2. The Morgan fingerprint density at radius 1 is 1.13 bits per heavy atom. The number of methoxy groups -OCH3 is 1. The second kappa shape index (κ2) is 6.66. The zero-order valence-corrected chi connectivity index (χ0v) is 13.9. The van der Waals surface area contributed by atoms with Gasteiger partial charge in [-0.25, -0.2) is 4.98 Å². The molecular weight excluding hydrogens is 358 g/mol. The van der Waals surface area contributed by atoms with Crippen LogP contribution in [0, 0.1) is 0 Å². The number of rotatable bonds is 4. The average molecular weight is 372 g/mol. The molecule has 6 heteroatoms. The summed E-state index contributed by atoms with van der Waals surface area (Å²) in [4.78, 5) is 19.0. The fourth-order valence-electron chi connectivity index (χ4n) is 2.13. The van der Waals surface area contributed by atoms with Gasteiger partial charge >= 0.3 is 0 Å². The monoisotopic (exact) mass is 371 g/mol. The third-order valence-corrected chi connectivity index (χ3v) is 3.71. The Morgan fingerprint density at radius 2 is 1.91 bits per heavy atom. The number of ether oxygens (including phenoxy) is 1. The number of nitrogens with one attached hydrogen (secondary N) is 2. The van der Waals surface area contributed by atoms with E-state index in [1.165, 1.54) is 6.07 Å². The molecule has 2 N–H and O–H groups in total. The van der Waals surface area contributed by atoms with Crippen LogP contribution in [-0.4, -0.2) is 17.1 Å². The summed E-state index contributed by atoms with van der Waals surface area (Å²) in [6, 6.07) is 16.5. The van der Waals surface area contributed by atoms with Crippen molar-refractivity contribution in [2.24, 2.45) is 0 Å². The van der Waals surface area contributed by atoms with Crippen molar-refractivity contribution >= 4 is 27.6 Å². The molecule has 1 aromatic heterocycles. The topological polar surface area (TPSA) is 67.0 Å². The van der Waals surface area contributed by atoms with Gasteiger partial charge in [-0.05, 0) is 42.5 Å². The van der Waals surface area contributed by atoms with Crippen LogP contribution in [0.2, 0.25) is 0 Å². The van der Waals surface area contributed by atoms with Crippen molar-refractivity contribution in [2.75, 3.05) is 12.4 Å². The minimum atomic E-state index is -0.219. The molecule has 23 heavy (non-hydrogen) atoms. The van der Waals surface area contributed by atoms with Gasteiger partial charge < -0.3 is 10.1 Å². The fourth-order valence-corrected chi connectivity index (χ4v) is 2.53. The predicted molar refractivity (Wildman–Crippen MR) is 94.3 cm³/mol. The average Bonchev–Trinajstić information content (AvgIpc) is 2.54. The number of H-pyrrole nitrogens is 1. The molecule has 0 fully saturated rings. The van der Waals surface area contributed by atoms with Gasteiger partial charge in [0.1, 0.15) is 5.75 Å². The van der Waals surface area contributed by atoms with Gasteiger partial charge in [-0.1, -0.05) is 22.0 Å². The molecule has 0 radical (unpaired) electrons. The quantitative estimate of drug-likeness (QED) is 0.728. The number of hydrogen-bond acceptors (Lipinski definition) is 4. The van der Waals surface area contributed by atoms with Crippen LogP contribution in [0.1, 0.15) is 0 Å². The van der Waals surface area contributed by atoms with Gasteiger partial charge in [-0.15, -0.1) is 0 Å². The molecular formula is C17H14BrN3O2. The lowest BCUT2D eigenvalue weighted by Crippen LogP contribution is -2.10. The van der Waals surface area contributed by atoms with Crippen LogP contribution >= 0.6 is 15.9 Å². The SMILES string of the molecule is COc1ccc(-c2cc(=O)[nH]c(Nc3cccc(Br)c3)n2)cc1. The van der Waals surface area contributed by atoms with E-state index < -0.39 is 0 Å². The standard InChI is InChI=1S/C17H14BrN3O2/c1-23-14-7-5-11(6-8-14)15-10-16(22)21-17(20-15)19-13-4-2-3-12(18)9-13/h2-10H,1H3,(H2,19,20,21,22). The lowest BCUT2D eigenvalue weighted by Gasteiger charge is -2.08. The van der Waals surface area contributed by atoms with Gasteiger partial charge in [-0.2, -0.15) is 0 Å². The largest absolute Gasteiger partial charge is 0.497 e. The lowest BCUT2D eigenvalue weighted by molar-refractivity contribution is 0.415. The predicted octanol–water partition coefficient (Wildman–Crippen LogP) is 3.95. The number of hydrogen-bond donors (Lipinski definition) is 2. The summed E-state index contributed by atoms with van der Waals surface area (Å²) in [6.07, 6.45) is 0. The summed E-state index contributed by atoms with van der Waals surface area (Å²) in [5.41, 5.74) is 2.04. The molecule has 116 valence electrons. The summed E-state index contributed by atoms with van der Waals surface area (Å²) >= 11 is 3.41. The molecule has 5 nitrogen and oxygen atoms in total. The summed E-state index contributed by atoms with van der Waals surface area (Å²) in [5, 5.41) is 3.10. The van der Waals surface area contributed by atoms with Crippen LogP contribution in [0.3, 0.4) is 0 Å². The Hall–Kier alpha value is -2.60. The first-order chi connectivity index (χ1) is 11.1. The molecule has 0 aliphatic carbocycles. The van der Waals surface area contributed by atoms with E-state index in [2.05, 4.69) is 31.2 Å². The van der Waals surface area contributed by atoms with Gasteiger partial charge in [0.15, 0.2) is 0 Å². The summed E-state index contributed by atoms with van der Waals surface area (Å²) in [5.74, 6) is 1.15. The first-order valence-electron chi connectivity index (χ1n) is 6.92. The maximum atomic E-state index is 11.9. The van der Waals surface area contributed by atoms with Crippen molar-refractivity contribution < 1.29 is 4.74 Å². The molecule has 0 saturated carbocycles. The van der Waals surface area contributed by atoms with E-state index in [9.17, 15) is 4.79 Å². The Balaban J connectivity index is 1.93. The zero-order valence-electron chi connectivity index (χ0n) is 12.3. The highest BCUT2D eigenvalue weighted by atomic mass is 79.9. The Labute approximate surface area is 141 Å². The van der Waals surface area contributed by atoms with Crippen LogP contribution in [0.15, 0.2) is 63.9 Å². The summed E-state index contributed by atoms with van der Waals surface area (Å²) in [7, 11) is 1.61. The Kier molecular flexibility index (Phi) is 4.43. The fraction of sp³-hybridized carbons (Fsp3) is 0.0588. The number of aromatic nitrogens is 2. The first kappa shape index (κ1) is 15.3. The third-order valence-electron chi connectivity index (χ3n) is 3.21. The molecule has 0 unspecified atom stereocenters. The van der Waals surface area contributed by atoms with Crippen molar-refractivity contribution in [1.82, 2.24) is 9.97 Å². The molecule has 1 heterocycles. The van der Waals surface area contributed by atoms with Gasteiger partial charge in [0.2, 0.25) is 5.95 Å². The molecule has 0 bridgehead atoms. The van der Waals surface area contributed by atoms with Crippen molar-refractivity contribution in [3.8, 4) is 17.0 Å². The zero-order chi connectivity index (χ0) is 16.2. The first-order valence-corrected chi connectivity index (χ1v) is 7.72. The minimum Gasteiger partial charge on any atom is -0.497 e. The molecule has 0 aliphatic heterocycles. The smallest absolute Gasteiger partial charge is 0.252 e. The van der Waals surface area contributed by atoms with Gasteiger partial charge in [0, 0.05) is 21.8 Å². The molecule has 0 spiro atoms. The highest BCUT2D eigenvalue weighted by molar-refractivity contribution is 9.10. The van der Waals surface area contributed by atoms with Crippen molar-refractivity contribution in [3.63, 3.8) is 0 Å². The molecule has 2 aromatic carbocycles. The van der Waals surface area contributed by atoms with Gasteiger partial charge in [-0.3, -0.25) is 9.78 Å². The molecule has 0 amide bonds. The molecule has 3 rings (SSSR count). The van der Waals surface area contributed by atoms with E-state index in [0.717, 1.165) is 21.5 Å². The van der Waals surface area contributed by atoms with Crippen molar-refractivity contribution in [1.29, 1.82) is 0 Å². The lowest BCUT2D eigenvalue weighted by atomic mass is 10.1. The van der Waals surface area contributed by atoms with E-state index in [-0.39, 0.29) is 5.56 Å². The Bertz CT molecular complexity index is 876. The third kappa shape index (κ3) is 3.78. The van der Waals surface area contributed by atoms with Crippen LogP contribution in [0.5, 0.6) is 5.75 Å². The van der Waals surface area contributed by atoms with E-state index in [0.29, 0.717) is 11.6 Å². The maximum Gasteiger partial charge on any atom is 0.252 e. The van der Waals surface area contributed by atoms with E-state index in [1.54, 1.807) is 7.11 Å². The van der Waals surface area contributed by atoms with Crippen molar-refractivity contribution in [3.05, 3.63) is 69.4 Å². The minimum absolute atomic E-state index is 0.219. The van der Waals surface area contributed by atoms with Crippen LogP contribution in [0.4, 0.5) is 11.6 Å². The van der Waals surface area contributed by atoms with E-state index in [1.807, 2.05) is 48.5 Å². The van der Waals surface area contributed by atoms with E-state index in [4.69, 9.17) is 4.74 Å².